The number of hydrogen-bond acceptors (Lipinski definition) is 2. The molecule has 0 unspecified atom stereocenters. The van der Waals surface area contributed by atoms with Crippen molar-refractivity contribution in [1.29, 1.82) is 0 Å². The van der Waals surface area contributed by atoms with E-state index < -0.39 is 0 Å². The van der Waals surface area contributed by atoms with Gasteiger partial charge < -0.3 is 11.5 Å². The van der Waals surface area contributed by atoms with Crippen molar-refractivity contribution in [2.45, 2.75) is 64.5 Å². The van der Waals surface area contributed by atoms with Crippen LogP contribution in [0.4, 0.5) is 0 Å². The maximum absolute atomic E-state index is 5.43. The van der Waals surface area contributed by atoms with Crippen molar-refractivity contribution in [3.8, 4) is 0 Å². The van der Waals surface area contributed by atoms with Crippen LogP contribution in [0.3, 0.4) is 0 Å². The summed E-state index contributed by atoms with van der Waals surface area (Å²) in [5.41, 5.74) is 10.9. The van der Waals surface area contributed by atoms with Crippen LogP contribution in [0.15, 0.2) is 0 Å². The van der Waals surface area contributed by atoms with Gasteiger partial charge in [-0.25, -0.2) is 0 Å². The Balaban J connectivity index is 0. The Morgan fingerprint density at radius 1 is 0.846 bits per heavy atom. The number of hydrogen-bond donors (Lipinski definition) is 2. The van der Waals surface area contributed by atoms with Gasteiger partial charge in [0.2, 0.25) is 0 Å². The van der Waals surface area contributed by atoms with Crippen molar-refractivity contribution in [1.82, 2.24) is 0 Å². The molecule has 0 amide bonds. The molecule has 0 aromatic carbocycles. The van der Waals surface area contributed by atoms with E-state index in [0.717, 1.165) is 6.42 Å². The van der Waals surface area contributed by atoms with Gasteiger partial charge in [0.05, 0.1) is 6.17 Å². The lowest BCUT2D eigenvalue weighted by Crippen LogP contribution is -2.29. The molecule has 0 bridgehead atoms. The largest absolute Gasteiger partial charge is 0.316 e. The van der Waals surface area contributed by atoms with Gasteiger partial charge in [-0.3, -0.25) is 0 Å². The van der Waals surface area contributed by atoms with Crippen LogP contribution in [0, 0.1) is 0 Å². The quantitative estimate of drug-likeness (QED) is 0.516. The Hall–Kier alpha value is 0.400. The maximum atomic E-state index is 5.43. The lowest BCUT2D eigenvalue weighted by Gasteiger charge is -2.04. The molecule has 0 saturated heterocycles. The molecule has 4 N–H and O–H groups in total. The molecule has 0 heterocycles. The van der Waals surface area contributed by atoms with Gasteiger partial charge in [0.1, 0.15) is 0 Å². The van der Waals surface area contributed by atoms with Crippen molar-refractivity contribution in [2.24, 2.45) is 11.5 Å². The predicted octanol–water partition coefficient (Wildman–Crippen LogP) is 2.95. The minimum Gasteiger partial charge on any atom is -0.316 e. The fourth-order valence-electron chi connectivity index (χ4n) is 1.34. The second-order valence-corrected chi connectivity index (χ2v) is 3.57. The SMILES string of the molecule is Br.CCCCCCCCCC(N)N. The second-order valence-electron chi connectivity index (χ2n) is 3.57. The summed E-state index contributed by atoms with van der Waals surface area (Å²) in [4.78, 5) is 0. The third-order valence-electron chi connectivity index (χ3n) is 2.14. The Labute approximate surface area is 93.2 Å². The van der Waals surface area contributed by atoms with Crippen LogP contribution in [0.25, 0.3) is 0 Å². The van der Waals surface area contributed by atoms with Crippen LogP contribution in [0.2, 0.25) is 0 Å². The van der Waals surface area contributed by atoms with Gasteiger partial charge in [0.25, 0.3) is 0 Å². The van der Waals surface area contributed by atoms with Gasteiger partial charge in [-0.2, -0.15) is 0 Å². The Morgan fingerprint density at radius 2 is 1.31 bits per heavy atom. The third-order valence-corrected chi connectivity index (χ3v) is 2.14. The Morgan fingerprint density at radius 3 is 1.77 bits per heavy atom. The van der Waals surface area contributed by atoms with E-state index in [4.69, 9.17) is 11.5 Å². The molecule has 2 nitrogen and oxygen atoms in total. The van der Waals surface area contributed by atoms with Crippen molar-refractivity contribution in [3.63, 3.8) is 0 Å². The minimum absolute atomic E-state index is 0. The van der Waals surface area contributed by atoms with Gasteiger partial charge in [-0.15, -0.1) is 17.0 Å². The second kappa shape index (κ2) is 12.4. The number of unbranched alkanes of at least 4 members (excludes halogenated alkanes) is 6. The van der Waals surface area contributed by atoms with E-state index in [9.17, 15) is 0 Å². The zero-order chi connectivity index (χ0) is 9.23. The van der Waals surface area contributed by atoms with E-state index in [1.165, 1.54) is 44.9 Å². The van der Waals surface area contributed by atoms with E-state index in [1.54, 1.807) is 0 Å². The fourth-order valence-corrected chi connectivity index (χ4v) is 1.34. The molecule has 0 aliphatic carbocycles. The summed E-state index contributed by atoms with van der Waals surface area (Å²) in [6, 6.07) is 0. The summed E-state index contributed by atoms with van der Waals surface area (Å²) < 4.78 is 0. The summed E-state index contributed by atoms with van der Waals surface area (Å²) in [5, 5.41) is 0. The minimum atomic E-state index is -0.0966. The van der Waals surface area contributed by atoms with E-state index in [0.29, 0.717) is 0 Å². The molecule has 82 valence electrons. The smallest absolute Gasteiger partial charge is 0.0520 e. The number of halogens is 1. The molecule has 0 atom stereocenters. The van der Waals surface area contributed by atoms with Crippen LogP contribution in [0.5, 0.6) is 0 Å². The molecule has 0 radical (unpaired) electrons. The first-order valence-corrected chi connectivity index (χ1v) is 5.28. The van der Waals surface area contributed by atoms with E-state index in [2.05, 4.69) is 6.92 Å². The fraction of sp³-hybridized carbons (Fsp3) is 1.00. The predicted molar refractivity (Wildman–Crippen MR) is 65.1 cm³/mol. The summed E-state index contributed by atoms with van der Waals surface area (Å²) in [6.45, 7) is 2.24. The topological polar surface area (TPSA) is 52.0 Å². The van der Waals surface area contributed by atoms with Gasteiger partial charge >= 0.3 is 0 Å². The lowest BCUT2D eigenvalue weighted by molar-refractivity contribution is 0.538. The zero-order valence-corrected chi connectivity index (χ0v) is 10.5. The zero-order valence-electron chi connectivity index (χ0n) is 8.80. The maximum Gasteiger partial charge on any atom is 0.0520 e. The van der Waals surface area contributed by atoms with Crippen molar-refractivity contribution in [2.75, 3.05) is 0 Å². The third kappa shape index (κ3) is 15.2. The van der Waals surface area contributed by atoms with Gasteiger partial charge in [-0.05, 0) is 6.42 Å². The van der Waals surface area contributed by atoms with E-state index in [-0.39, 0.29) is 23.1 Å². The number of nitrogens with two attached hydrogens (primary N) is 2. The molecule has 3 heteroatoms. The monoisotopic (exact) mass is 252 g/mol. The van der Waals surface area contributed by atoms with Crippen LogP contribution in [-0.4, -0.2) is 6.17 Å². The normalized spacial score (nSPS) is 10.2. The molecule has 0 saturated carbocycles. The summed E-state index contributed by atoms with van der Waals surface area (Å²) in [5.74, 6) is 0. The van der Waals surface area contributed by atoms with Crippen molar-refractivity contribution < 1.29 is 0 Å². The first kappa shape index (κ1) is 15.9. The Bertz CT molecular complexity index is 87.0. The van der Waals surface area contributed by atoms with Crippen LogP contribution < -0.4 is 11.5 Å². The molecule has 0 spiro atoms. The van der Waals surface area contributed by atoms with Crippen LogP contribution in [-0.2, 0) is 0 Å². The molecule has 0 aromatic rings. The highest BCUT2D eigenvalue weighted by atomic mass is 79.9. The first-order chi connectivity index (χ1) is 5.77. The molecule has 0 aromatic heterocycles. The van der Waals surface area contributed by atoms with E-state index >= 15 is 0 Å². The van der Waals surface area contributed by atoms with Gasteiger partial charge in [-0.1, -0.05) is 51.9 Å². The van der Waals surface area contributed by atoms with Crippen molar-refractivity contribution >= 4 is 17.0 Å². The first-order valence-electron chi connectivity index (χ1n) is 5.28. The molecule has 0 aliphatic heterocycles. The van der Waals surface area contributed by atoms with Crippen LogP contribution in [0.1, 0.15) is 58.3 Å². The molecular formula is C10H25BrN2. The molecule has 0 rings (SSSR count). The van der Waals surface area contributed by atoms with Gasteiger partial charge in [0, 0.05) is 0 Å². The molecule has 0 fully saturated rings. The highest BCUT2D eigenvalue weighted by Gasteiger charge is 1.94. The van der Waals surface area contributed by atoms with E-state index in [1.807, 2.05) is 0 Å². The highest BCUT2D eigenvalue weighted by Crippen LogP contribution is 2.08. The highest BCUT2D eigenvalue weighted by molar-refractivity contribution is 8.93. The van der Waals surface area contributed by atoms with Crippen LogP contribution >= 0.6 is 17.0 Å². The van der Waals surface area contributed by atoms with Gasteiger partial charge in [0.15, 0.2) is 0 Å². The number of rotatable bonds is 8. The standard InChI is InChI=1S/C10H24N2.BrH/c1-2-3-4-5-6-7-8-9-10(11)12;/h10H,2-9,11-12H2,1H3;1H. The summed E-state index contributed by atoms with van der Waals surface area (Å²) >= 11 is 0. The van der Waals surface area contributed by atoms with Crippen molar-refractivity contribution in [3.05, 3.63) is 0 Å². The molecule has 0 aliphatic rings. The Kier molecular flexibility index (Phi) is 15.1. The summed E-state index contributed by atoms with van der Waals surface area (Å²) in [7, 11) is 0. The average molecular weight is 253 g/mol. The summed E-state index contributed by atoms with van der Waals surface area (Å²) in [6.07, 6.45) is 10.2. The molecule has 13 heavy (non-hydrogen) atoms. The average Bonchev–Trinajstić information content (AvgIpc) is 2.02. The lowest BCUT2D eigenvalue weighted by atomic mass is 10.1. The molecular weight excluding hydrogens is 228 g/mol.